The van der Waals surface area contributed by atoms with Gasteiger partial charge in [0.2, 0.25) is 0 Å². The van der Waals surface area contributed by atoms with E-state index in [1.807, 2.05) is 13.1 Å². The van der Waals surface area contributed by atoms with Gasteiger partial charge >= 0.3 is 0 Å². The minimum absolute atomic E-state index is 0.183. The zero-order valence-electron chi connectivity index (χ0n) is 9.69. The molecule has 1 rings (SSSR count). The highest BCUT2D eigenvalue weighted by atomic mass is 127. The van der Waals surface area contributed by atoms with E-state index in [4.69, 9.17) is 0 Å². The number of hydrogen-bond acceptors (Lipinski definition) is 1. The van der Waals surface area contributed by atoms with Gasteiger partial charge in [-0.2, -0.15) is 0 Å². The number of rotatable bonds is 5. The second-order valence-corrected chi connectivity index (χ2v) is 4.98. The molecule has 0 bridgehead atoms. The van der Waals surface area contributed by atoms with E-state index in [0.717, 1.165) is 22.0 Å². The molecule has 1 unspecified atom stereocenters. The van der Waals surface area contributed by atoms with Crippen LogP contribution in [0.15, 0.2) is 30.4 Å². The van der Waals surface area contributed by atoms with E-state index < -0.39 is 0 Å². The van der Waals surface area contributed by atoms with Gasteiger partial charge in [0.15, 0.2) is 0 Å². The maximum Gasteiger partial charge on any atom is 0.124 e. The molecule has 16 heavy (non-hydrogen) atoms. The lowest BCUT2D eigenvalue weighted by atomic mass is 9.98. The van der Waals surface area contributed by atoms with E-state index >= 15 is 0 Å². The third kappa shape index (κ3) is 3.56. The third-order valence-corrected chi connectivity index (χ3v) is 3.61. The molecule has 1 aromatic rings. The third-order valence-electron chi connectivity index (χ3n) is 2.68. The summed E-state index contributed by atoms with van der Waals surface area (Å²) in [4.78, 5) is 0. The highest BCUT2D eigenvalue weighted by Crippen LogP contribution is 2.26. The van der Waals surface area contributed by atoms with Gasteiger partial charge in [-0.1, -0.05) is 25.1 Å². The van der Waals surface area contributed by atoms with Crippen molar-refractivity contribution in [2.24, 2.45) is 0 Å². The highest BCUT2D eigenvalue weighted by molar-refractivity contribution is 14.1. The van der Waals surface area contributed by atoms with Crippen molar-refractivity contribution in [2.75, 3.05) is 7.05 Å². The van der Waals surface area contributed by atoms with Crippen LogP contribution in [0.4, 0.5) is 4.39 Å². The first-order valence-corrected chi connectivity index (χ1v) is 6.45. The topological polar surface area (TPSA) is 12.0 Å². The molecule has 1 nitrogen and oxygen atoms in total. The van der Waals surface area contributed by atoms with Crippen LogP contribution in [0.5, 0.6) is 0 Å². The summed E-state index contributed by atoms with van der Waals surface area (Å²) in [6, 6.07) is 5.15. The maximum atomic E-state index is 13.0. The molecule has 1 aromatic carbocycles. The molecule has 0 aliphatic heterocycles. The molecule has 0 spiro atoms. The minimum Gasteiger partial charge on any atom is -0.313 e. The van der Waals surface area contributed by atoms with Crippen LogP contribution in [0.2, 0.25) is 0 Å². The lowest BCUT2D eigenvalue weighted by molar-refractivity contribution is 0.575. The van der Waals surface area contributed by atoms with Crippen molar-refractivity contribution in [1.29, 1.82) is 0 Å². The van der Waals surface area contributed by atoms with Gasteiger partial charge in [-0.05, 0) is 60.2 Å². The summed E-state index contributed by atoms with van der Waals surface area (Å²) in [5, 5.41) is 3.26. The number of nitrogens with one attached hydrogen (secondary N) is 1. The van der Waals surface area contributed by atoms with Crippen molar-refractivity contribution in [1.82, 2.24) is 5.32 Å². The Morgan fingerprint density at radius 3 is 2.75 bits per heavy atom. The minimum atomic E-state index is -0.183. The lowest BCUT2D eigenvalue weighted by Crippen LogP contribution is -2.18. The van der Waals surface area contributed by atoms with E-state index in [9.17, 15) is 4.39 Å². The van der Waals surface area contributed by atoms with Gasteiger partial charge < -0.3 is 5.32 Å². The van der Waals surface area contributed by atoms with Gasteiger partial charge in [-0.3, -0.25) is 0 Å². The molecule has 0 fully saturated rings. The van der Waals surface area contributed by atoms with E-state index in [2.05, 4.69) is 41.4 Å². The molecule has 1 N–H and O–H groups in total. The van der Waals surface area contributed by atoms with Gasteiger partial charge in [-0.25, -0.2) is 4.39 Å². The Balaban J connectivity index is 2.90. The van der Waals surface area contributed by atoms with Gasteiger partial charge in [0.25, 0.3) is 0 Å². The molecule has 0 radical (unpaired) electrons. The number of hydrogen-bond donors (Lipinski definition) is 1. The first-order valence-electron chi connectivity index (χ1n) is 5.37. The van der Waals surface area contributed by atoms with Crippen molar-refractivity contribution < 1.29 is 4.39 Å². The van der Waals surface area contributed by atoms with Crippen LogP contribution in [0, 0.1) is 9.39 Å². The molecule has 1 atom stereocenters. The Labute approximate surface area is 110 Å². The molecular formula is C13H17FIN. The summed E-state index contributed by atoms with van der Waals surface area (Å²) in [5.41, 5.74) is 2.35. The Bertz CT molecular complexity index is 376. The fourth-order valence-corrected chi connectivity index (χ4v) is 2.44. The molecule has 0 saturated carbocycles. The SMILES string of the molecule is C=C(CC)CC(NC)c1ccc(F)cc1I. The van der Waals surface area contributed by atoms with E-state index in [1.54, 1.807) is 6.07 Å². The van der Waals surface area contributed by atoms with Crippen LogP contribution in [-0.4, -0.2) is 7.05 Å². The van der Waals surface area contributed by atoms with Crippen molar-refractivity contribution in [3.8, 4) is 0 Å². The van der Waals surface area contributed by atoms with Crippen molar-refractivity contribution >= 4 is 22.6 Å². The molecule has 0 saturated heterocycles. The van der Waals surface area contributed by atoms with Gasteiger partial charge in [0.1, 0.15) is 5.82 Å². The van der Waals surface area contributed by atoms with Crippen molar-refractivity contribution in [3.05, 3.63) is 45.3 Å². The summed E-state index contributed by atoms with van der Waals surface area (Å²) in [5.74, 6) is -0.183. The molecule has 0 aromatic heterocycles. The van der Waals surface area contributed by atoms with Crippen LogP contribution < -0.4 is 5.32 Å². The zero-order chi connectivity index (χ0) is 12.1. The summed E-state index contributed by atoms with van der Waals surface area (Å²) in [6.45, 7) is 6.12. The summed E-state index contributed by atoms with van der Waals surface area (Å²) >= 11 is 2.17. The smallest absolute Gasteiger partial charge is 0.124 e. The normalized spacial score (nSPS) is 12.5. The first kappa shape index (κ1) is 13.6. The summed E-state index contributed by atoms with van der Waals surface area (Å²) in [6.07, 6.45) is 1.88. The van der Waals surface area contributed by atoms with Gasteiger partial charge in [0, 0.05) is 9.61 Å². The largest absolute Gasteiger partial charge is 0.313 e. The van der Waals surface area contributed by atoms with E-state index in [-0.39, 0.29) is 11.9 Å². The Morgan fingerprint density at radius 2 is 2.25 bits per heavy atom. The molecule has 0 amide bonds. The first-order chi connectivity index (χ1) is 7.58. The Kier molecular flexibility index (Phi) is 5.41. The predicted octanol–water partition coefficient (Wildman–Crippen LogP) is 4.05. The highest BCUT2D eigenvalue weighted by Gasteiger charge is 2.13. The van der Waals surface area contributed by atoms with E-state index in [0.29, 0.717) is 0 Å². The van der Waals surface area contributed by atoms with Crippen molar-refractivity contribution in [2.45, 2.75) is 25.8 Å². The Morgan fingerprint density at radius 1 is 1.56 bits per heavy atom. The molecule has 88 valence electrons. The number of benzene rings is 1. The molecular weight excluding hydrogens is 316 g/mol. The molecule has 0 aliphatic rings. The molecule has 3 heteroatoms. The summed E-state index contributed by atoms with van der Waals surface area (Å²) < 4.78 is 14.0. The zero-order valence-corrected chi connectivity index (χ0v) is 11.8. The van der Waals surface area contributed by atoms with Crippen LogP contribution in [0.1, 0.15) is 31.4 Å². The van der Waals surface area contributed by atoms with Crippen LogP contribution in [0.25, 0.3) is 0 Å². The molecule has 0 heterocycles. The van der Waals surface area contributed by atoms with Crippen LogP contribution >= 0.6 is 22.6 Å². The van der Waals surface area contributed by atoms with Gasteiger partial charge in [0.05, 0.1) is 0 Å². The van der Waals surface area contributed by atoms with Crippen LogP contribution in [0.3, 0.4) is 0 Å². The standard InChI is InChI=1S/C13H17FIN/c1-4-9(2)7-13(16-3)11-6-5-10(14)8-12(11)15/h5-6,8,13,16H,2,4,7H2,1,3H3. The fourth-order valence-electron chi connectivity index (χ4n) is 1.58. The Hall–Kier alpha value is -0.420. The fraction of sp³-hybridized carbons (Fsp3) is 0.385. The second-order valence-electron chi connectivity index (χ2n) is 3.81. The van der Waals surface area contributed by atoms with E-state index in [1.165, 1.54) is 11.6 Å². The monoisotopic (exact) mass is 333 g/mol. The second kappa shape index (κ2) is 6.35. The average Bonchev–Trinajstić information content (AvgIpc) is 2.26. The molecule has 0 aliphatic carbocycles. The maximum absolute atomic E-state index is 13.0. The van der Waals surface area contributed by atoms with Crippen LogP contribution in [-0.2, 0) is 0 Å². The van der Waals surface area contributed by atoms with Crippen molar-refractivity contribution in [3.63, 3.8) is 0 Å². The van der Waals surface area contributed by atoms with Gasteiger partial charge in [-0.15, -0.1) is 0 Å². The number of halogens is 2. The average molecular weight is 333 g/mol. The predicted molar refractivity (Wildman–Crippen MR) is 75.0 cm³/mol. The lowest BCUT2D eigenvalue weighted by Gasteiger charge is -2.19. The summed E-state index contributed by atoms with van der Waals surface area (Å²) in [7, 11) is 1.92. The quantitative estimate of drug-likeness (QED) is 0.633.